The van der Waals surface area contributed by atoms with E-state index in [1.165, 1.54) is 6.92 Å². The van der Waals surface area contributed by atoms with Crippen LogP contribution in [-0.4, -0.2) is 29.9 Å². The van der Waals surface area contributed by atoms with Crippen LogP contribution in [0.3, 0.4) is 0 Å². The molecule has 1 aromatic rings. The van der Waals surface area contributed by atoms with Gasteiger partial charge in [-0.3, -0.25) is 4.79 Å². The van der Waals surface area contributed by atoms with Gasteiger partial charge in [0.2, 0.25) is 5.91 Å². The molecule has 0 unspecified atom stereocenters. The van der Waals surface area contributed by atoms with Crippen molar-refractivity contribution < 1.29 is 32.6 Å². The predicted octanol–water partition coefficient (Wildman–Crippen LogP) is 1.77. The summed E-state index contributed by atoms with van der Waals surface area (Å²) >= 11 is 0. The first kappa shape index (κ1) is 16.4. The van der Waals surface area contributed by atoms with Gasteiger partial charge in [-0.2, -0.15) is 0 Å². The highest BCUT2D eigenvalue weighted by molar-refractivity contribution is 5.88. The third kappa shape index (κ3) is 6.33. The first-order valence-electron chi connectivity index (χ1n) is 5.55. The molecule has 0 aliphatic carbocycles. The predicted molar refractivity (Wildman–Crippen MR) is 65.6 cm³/mol. The highest BCUT2D eigenvalue weighted by Crippen LogP contribution is 2.24. The van der Waals surface area contributed by atoms with E-state index in [0.717, 1.165) is 18.2 Å². The minimum atomic E-state index is -4.93. The molecule has 0 aliphatic rings. The van der Waals surface area contributed by atoms with E-state index >= 15 is 0 Å². The topological polar surface area (TPSA) is 75.6 Å². The summed E-state index contributed by atoms with van der Waals surface area (Å²) in [5.74, 6) is 2.52. The average Bonchev–Trinajstić information content (AvgIpc) is 2.32. The van der Waals surface area contributed by atoms with Gasteiger partial charge < -0.3 is 15.2 Å². The van der Waals surface area contributed by atoms with Crippen molar-refractivity contribution in [3.05, 3.63) is 29.3 Å². The van der Waals surface area contributed by atoms with E-state index < -0.39 is 18.1 Å². The van der Waals surface area contributed by atoms with Gasteiger partial charge >= 0.3 is 12.3 Å². The maximum atomic E-state index is 12.1. The Bertz CT molecular complexity index is 614. The van der Waals surface area contributed by atoms with Gasteiger partial charge in [-0.05, 0) is 18.2 Å². The van der Waals surface area contributed by atoms with Crippen molar-refractivity contribution in [3.63, 3.8) is 0 Å². The van der Waals surface area contributed by atoms with Crippen LogP contribution in [0.1, 0.15) is 22.8 Å². The summed E-state index contributed by atoms with van der Waals surface area (Å²) in [4.78, 5) is 21.5. The molecular weight excluding hydrogens is 291 g/mol. The van der Waals surface area contributed by atoms with Gasteiger partial charge in [0.05, 0.1) is 12.1 Å². The lowest BCUT2D eigenvalue weighted by atomic mass is 10.1. The van der Waals surface area contributed by atoms with E-state index in [2.05, 4.69) is 21.9 Å². The van der Waals surface area contributed by atoms with Gasteiger partial charge in [-0.1, -0.05) is 11.8 Å². The molecule has 21 heavy (non-hydrogen) atoms. The molecule has 1 aromatic carbocycles. The first-order valence-corrected chi connectivity index (χ1v) is 5.55. The highest BCUT2D eigenvalue weighted by Gasteiger charge is 2.31. The lowest BCUT2D eigenvalue weighted by Gasteiger charge is -2.09. The fraction of sp³-hybridized carbons (Fsp3) is 0.231. The van der Waals surface area contributed by atoms with E-state index in [9.17, 15) is 22.8 Å². The van der Waals surface area contributed by atoms with Crippen LogP contribution in [0.25, 0.3) is 0 Å². The molecule has 0 saturated heterocycles. The molecule has 1 amide bonds. The maximum absolute atomic E-state index is 12.1. The summed E-state index contributed by atoms with van der Waals surface area (Å²) in [6.07, 6.45) is -4.93. The molecule has 0 saturated carbocycles. The number of alkyl halides is 3. The molecule has 0 spiro atoms. The van der Waals surface area contributed by atoms with Gasteiger partial charge in [-0.15, -0.1) is 13.2 Å². The molecule has 1 rings (SSSR count). The van der Waals surface area contributed by atoms with E-state index in [1.807, 2.05) is 0 Å². The molecule has 0 bridgehead atoms. The van der Waals surface area contributed by atoms with E-state index in [4.69, 9.17) is 5.11 Å². The largest absolute Gasteiger partial charge is 0.573 e. The summed E-state index contributed by atoms with van der Waals surface area (Å²) in [7, 11) is 0. The Morgan fingerprint density at radius 2 is 2.00 bits per heavy atom. The van der Waals surface area contributed by atoms with Crippen molar-refractivity contribution >= 4 is 11.9 Å². The second-order valence-corrected chi connectivity index (χ2v) is 3.81. The molecule has 0 heterocycles. The smallest absolute Gasteiger partial charge is 0.478 e. The number of nitrogens with one attached hydrogen (secondary N) is 1. The summed E-state index contributed by atoms with van der Waals surface area (Å²) in [6.45, 7) is 1.27. The average molecular weight is 301 g/mol. The number of amides is 1. The minimum Gasteiger partial charge on any atom is -0.478 e. The third-order valence-electron chi connectivity index (χ3n) is 2.05. The van der Waals surface area contributed by atoms with Crippen LogP contribution < -0.4 is 10.1 Å². The Balaban J connectivity index is 3.02. The van der Waals surface area contributed by atoms with Crippen molar-refractivity contribution in [2.75, 3.05) is 6.54 Å². The zero-order valence-corrected chi connectivity index (χ0v) is 10.7. The van der Waals surface area contributed by atoms with Crippen molar-refractivity contribution in [1.82, 2.24) is 5.32 Å². The zero-order chi connectivity index (χ0) is 16.0. The fourth-order valence-corrected chi connectivity index (χ4v) is 1.30. The van der Waals surface area contributed by atoms with Crippen LogP contribution in [0.5, 0.6) is 5.75 Å². The number of carbonyl (C=O) groups excluding carboxylic acids is 1. The SMILES string of the molecule is CC(=O)NCC#Cc1cc(OC(F)(F)F)cc(C(=O)O)c1. The van der Waals surface area contributed by atoms with Gasteiger partial charge in [0.25, 0.3) is 0 Å². The Morgan fingerprint density at radius 3 is 2.52 bits per heavy atom. The number of carboxylic acids is 1. The van der Waals surface area contributed by atoms with Crippen molar-refractivity contribution in [1.29, 1.82) is 0 Å². The monoisotopic (exact) mass is 301 g/mol. The van der Waals surface area contributed by atoms with Crippen LogP contribution in [0.2, 0.25) is 0 Å². The molecule has 0 atom stereocenters. The second-order valence-electron chi connectivity index (χ2n) is 3.81. The van der Waals surface area contributed by atoms with Gasteiger partial charge in [0.15, 0.2) is 0 Å². The van der Waals surface area contributed by atoms with Crippen LogP contribution in [-0.2, 0) is 4.79 Å². The summed E-state index contributed by atoms with van der Waals surface area (Å²) in [6, 6.07) is 2.81. The number of ether oxygens (including phenoxy) is 1. The van der Waals surface area contributed by atoms with Crippen LogP contribution in [0.4, 0.5) is 13.2 Å². The van der Waals surface area contributed by atoms with Crippen LogP contribution in [0, 0.1) is 11.8 Å². The molecule has 0 aliphatic heterocycles. The molecule has 2 N–H and O–H groups in total. The number of carbonyl (C=O) groups is 2. The van der Waals surface area contributed by atoms with Crippen molar-refractivity contribution in [2.24, 2.45) is 0 Å². The zero-order valence-electron chi connectivity index (χ0n) is 10.7. The number of rotatable bonds is 3. The van der Waals surface area contributed by atoms with E-state index in [-0.39, 0.29) is 23.6 Å². The Kier molecular flexibility index (Phi) is 5.18. The number of halogens is 3. The quantitative estimate of drug-likeness (QED) is 0.834. The number of hydrogen-bond donors (Lipinski definition) is 2. The van der Waals surface area contributed by atoms with E-state index in [1.54, 1.807) is 0 Å². The van der Waals surface area contributed by atoms with Gasteiger partial charge in [0.1, 0.15) is 5.75 Å². The lowest BCUT2D eigenvalue weighted by molar-refractivity contribution is -0.274. The molecule has 5 nitrogen and oxygen atoms in total. The molecule has 8 heteroatoms. The number of benzene rings is 1. The highest BCUT2D eigenvalue weighted by atomic mass is 19.4. The molecule has 112 valence electrons. The van der Waals surface area contributed by atoms with Crippen molar-refractivity contribution in [3.8, 4) is 17.6 Å². The second kappa shape index (κ2) is 6.65. The van der Waals surface area contributed by atoms with Crippen LogP contribution in [0.15, 0.2) is 18.2 Å². The standard InChI is InChI=1S/C13H10F3NO4/c1-8(18)17-4-2-3-9-5-10(12(19)20)7-11(6-9)21-13(14,15)16/h5-7H,4H2,1H3,(H,17,18)(H,19,20). The van der Waals surface area contributed by atoms with Gasteiger partial charge in [0, 0.05) is 12.5 Å². The number of aromatic carboxylic acids is 1. The van der Waals surface area contributed by atoms with Gasteiger partial charge in [-0.25, -0.2) is 4.79 Å². The summed E-state index contributed by atoms with van der Waals surface area (Å²) in [5.41, 5.74) is -0.361. The van der Waals surface area contributed by atoms with Crippen LogP contribution >= 0.6 is 0 Å². The summed E-state index contributed by atoms with van der Waals surface area (Å²) < 4.78 is 40.1. The fourth-order valence-electron chi connectivity index (χ4n) is 1.30. The lowest BCUT2D eigenvalue weighted by Crippen LogP contribution is -2.19. The third-order valence-corrected chi connectivity index (χ3v) is 2.05. The molecular formula is C13H10F3NO4. The maximum Gasteiger partial charge on any atom is 0.573 e. The Morgan fingerprint density at radius 1 is 1.33 bits per heavy atom. The Labute approximate surface area is 117 Å². The normalized spacial score (nSPS) is 10.3. The molecule has 0 aromatic heterocycles. The van der Waals surface area contributed by atoms with Crippen molar-refractivity contribution in [2.45, 2.75) is 13.3 Å². The first-order chi connectivity index (χ1) is 9.67. The summed E-state index contributed by atoms with van der Waals surface area (Å²) in [5, 5.41) is 11.2. The Hall–Kier alpha value is -2.69. The molecule has 0 fully saturated rings. The molecule has 0 radical (unpaired) electrons. The number of hydrogen-bond acceptors (Lipinski definition) is 3. The number of carboxylic acid groups (broad SMARTS) is 1. The minimum absolute atomic E-state index is 0.0118. The van der Waals surface area contributed by atoms with E-state index in [0.29, 0.717) is 0 Å².